The third kappa shape index (κ3) is 3.03. The maximum atomic E-state index is 4.51. The number of nitrogens with zero attached hydrogens (tertiary/aromatic N) is 2. The highest BCUT2D eigenvalue weighted by Crippen LogP contribution is 2.17. The van der Waals surface area contributed by atoms with Crippen molar-refractivity contribution >= 4 is 28.3 Å². The monoisotopic (exact) mass is 267 g/mol. The summed E-state index contributed by atoms with van der Waals surface area (Å²) in [6.45, 7) is 0. The van der Waals surface area contributed by atoms with Gasteiger partial charge in [-0.1, -0.05) is 60.3 Å². The lowest BCUT2D eigenvalue weighted by molar-refractivity contribution is 1.03. The predicted octanol–water partition coefficient (Wildman–Crippen LogP) is 3.41. The van der Waals surface area contributed by atoms with Gasteiger partial charge in [0.05, 0.1) is 11.4 Å². The number of amidine groups is 1. The van der Waals surface area contributed by atoms with Crippen molar-refractivity contribution in [2.75, 3.05) is 5.75 Å². The van der Waals surface area contributed by atoms with Crippen LogP contribution in [0.5, 0.6) is 0 Å². The Hall–Kier alpha value is -2.07. The molecule has 0 bridgehead atoms. The first-order valence-corrected chi connectivity index (χ1v) is 7.05. The molecule has 0 aromatic heterocycles. The SMILES string of the molecule is c1ccc(N=C2NN=C(c3ccccc3)CS2)cc1. The summed E-state index contributed by atoms with van der Waals surface area (Å²) < 4.78 is 0. The molecule has 0 radical (unpaired) electrons. The molecule has 0 saturated heterocycles. The molecular weight excluding hydrogens is 254 g/mol. The van der Waals surface area contributed by atoms with Gasteiger partial charge in [0, 0.05) is 5.75 Å². The van der Waals surface area contributed by atoms with Gasteiger partial charge >= 0.3 is 0 Å². The van der Waals surface area contributed by atoms with E-state index in [-0.39, 0.29) is 0 Å². The summed E-state index contributed by atoms with van der Waals surface area (Å²) >= 11 is 1.67. The molecule has 3 rings (SSSR count). The van der Waals surface area contributed by atoms with Crippen LogP contribution in [0.1, 0.15) is 5.56 Å². The van der Waals surface area contributed by atoms with Crippen LogP contribution in [0.15, 0.2) is 70.8 Å². The Bertz CT molecular complexity index is 606. The van der Waals surface area contributed by atoms with E-state index in [9.17, 15) is 0 Å². The third-order valence-corrected chi connectivity index (χ3v) is 3.60. The Morgan fingerprint density at radius 3 is 2.26 bits per heavy atom. The summed E-state index contributed by atoms with van der Waals surface area (Å²) in [6.07, 6.45) is 0. The van der Waals surface area contributed by atoms with Crippen molar-refractivity contribution in [1.29, 1.82) is 0 Å². The van der Waals surface area contributed by atoms with Crippen LogP contribution in [0, 0.1) is 0 Å². The number of hydrazone groups is 1. The first-order chi connectivity index (χ1) is 9.42. The van der Waals surface area contributed by atoms with Gasteiger partial charge in [0.25, 0.3) is 0 Å². The van der Waals surface area contributed by atoms with Gasteiger partial charge in [-0.05, 0) is 17.7 Å². The average Bonchev–Trinajstić information content (AvgIpc) is 2.50. The van der Waals surface area contributed by atoms with E-state index in [0.29, 0.717) is 0 Å². The number of aliphatic imine (C=N–C) groups is 1. The standard InChI is InChI=1S/C15H13N3S/c1-3-7-12(8-4-1)14-11-19-15(18-17-14)16-13-9-5-2-6-10-13/h1-10H,11H2,(H,16,18). The van der Waals surface area contributed by atoms with Gasteiger partial charge in [-0.2, -0.15) is 5.10 Å². The Morgan fingerprint density at radius 2 is 1.63 bits per heavy atom. The van der Waals surface area contributed by atoms with Crippen LogP contribution in [0.4, 0.5) is 5.69 Å². The Balaban J connectivity index is 1.76. The summed E-state index contributed by atoms with van der Waals surface area (Å²) in [6, 6.07) is 20.1. The minimum atomic E-state index is 0.836. The van der Waals surface area contributed by atoms with Crippen molar-refractivity contribution in [1.82, 2.24) is 5.43 Å². The predicted molar refractivity (Wildman–Crippen MR) is 82.1 cm³/mol. The van der Waals surface area contributed by atoms with Crippen molar-refractivity contribution in [3.8, 4) is 0 Å². The van der Waals surface area contributed by atoms with Crippen LogP contribution in [-0.4, -0.2) is 16.6 Å². The second-order valence-corrected chi connectivity index (χ2v) is 5.04. The molecule has 1 aliphatic heterocycles. The van der Waals surface area contributed by atoms with Gasteiger partial charge in [-0.25, -0.2) is 4.99 Å². The lowest BCUT2D eigenvalue weighted by atomic mass is 10.1. The van der Waals surface area contributed by atoms with Gasteiger partial charge in [0.1, 0.15) is 0 Å². The number of nitrogens with one attached hydrogen (secondary N) is 1. The van der Waals surface area contributed by atoms with Crippen LogP contribution in [0.25, 0.3) is 0 Å². The largest absolute Gasteiger partial charge is 0.255 e. The lowest BCUT2D eigenvalue weighted by Crippen LogP contribution is -2.25. The van der Waals surface area contributed by atoms with Gasteiger partial charge in [0.15, 0.2) is 5.17 Å². The van der Waals surface area contributed by atoms with Gasteiger partial charge in [0.2, 0.25) is 0 Å². The van der Waals surface area contributed by atoms with Gasteiger partial charge < -0.3 is 0 Å². The minimum absolute atomic E-state index is 0.836. The highest BCUT2D eigenvalue weighted by Gasteiger charge is 2.12. The van der Waals surface area contributed by atoms with Crippen LogP contribution >= 0.6 is 11.8 Å². The lowest BCUT2D eigenvalue weighted by Gasteiger charge is -2.14. The molecule has 0 fully saturated rings. The van der Waals surface area contributed by atoms with Crippen LogP contribution in [-0.2, 0) is 0 Å². The molecule has 0 atom stereocenters. The zero-order valence-corrected chi connectivity index (χ0v) is 11.1. The zero-order valence-electron chi connectivity index (χ0n) is 10.3. The second kappa shape index (κ2) is 5.71. The second-order valence-electron chi connectivity index (χ2n) is 4.08. The molecule has 0 saturated carbocycles. The summed E-state index contributed by atoms with van der Waals surface area (Å²) in [5, 5.41) is 5.23. The molecule has 0 spiro atoms. The van der Waals surface area contributed by atoms with Crippen LogP contribution in [0.3, 0.4) is 0 Å². The molecule has 94 valence electrons. The topological polar surface area (TPSA) is 36.8 Å². The number of thioether (sulfide) groups is 1. The van der Waals surface area contributed by atoms with Gasteiger partial charge in [-0.3, -0.25) is 5.43 Å². The fourth-order valence-corrected chi connectivity index (χ4v) is 2.56. The number of benzene rings is 2. The summed E-state index contributed by atoms with van der Waals surface area (Å²) in [4.78, 5) is 4.51. The van der Waals surface area contributed by atoms with E-state index in [2.05, 4.69) is 27.7 Å². The fourth-order valence-electron chi connectivity index (χ4n) is 1.77. The number of rotatable bonds is 2. The molecule has 1 heterocycles. The Morgan fingerprint density at radius 1 is 0.947 bits per heavy atom. The number of para-hydroxylation sites is 1. The van der Waals surface area contributed by atoms with E-state index in [1.165, 1.54) is 0 Å². The number of hydrogen-bond donors (Lipinski definition) is 1. The molecule has 0 aliphatic carbocycles. The summed E-state index contributed by atoms with van der Waals surface area (Å²) in [5.41, 5.74) is 6.16. The van der Waals surface area contributed by atoms with E-state index >= 15 is 0 Å². The highest BCUT2D eigenvalue weighted by atomic mass is 32.2. The minimum Gasteiger partial charge on any atom is -0.255 e. The maximum Gasteiger partial charge on any atom is 0.182 e. The zero-order chi connectivity index (χ0) is 12.9. The van der Waals surface area contributed by atoms with Crippen molar-refractivity contribution in [3.05, 3.63) is 66.2 Å². The Labute approximate surface area is 116 Å². The quantitative estimate of drug-likeness (QED) is 0.905. The highest BCUT2D eigenvalue weighted by molar-refractivity contribution is 8.14. The molecule has 1 aliphatic rings. The normalized spacial score (nSPS) is 16.8. The summed E-state index contributed by atoms with van der Waals surface area (Å²) in [7, 11) is 0. The molecule has 0 amide bonds. The number of hydrogen-bond acceptors (Lipinski definition) is 3. The van der Waals surface area contributed by atoms with Crippen molar-refractivity contribution in [2.45, 2.75) is 0 Å². The molecule has 0 unspecified atom stereocenters. The Kier molecular flexibility index (Phi) is 3.61. The molecule has 4 heteroatoms. The van der Waals surface area contributed by atoms with E-state index < -0.39 is 0 Å². The average molecular weight is 267 g/mol. The summed E-state index contributed by atoms with van der Waals surface area (Å²) in [5.74, 6) is 0.836. The molecule has 2 aromatic carbocycles. The molecule has 19 heavy (non-hydrogen) atoms. The first kappa shape index (κ1) is 12.0. The van der Waals surface area contributed by atoms with Gasteiger partial charge in [-0.15, -0.1) is 0 Å². The van der Waals surface area contributed by atoms with Crippen molar-refractivity contribution < 1.29 is 0 Å². The first-order valence-electron chi connectivity index (χ1n) is 6.06. The maximum absolute atomic E-state index is 4.51. The van der Waals surface area contributed by atoms with E-state index in [1.54, 1.807) is 11.8 Å². The van der Waals surface area contributed by atoms with E-state index in [1.807, 2.05) is 48.5 Å². The van der Waals surface area contributed by atoms with Crippen molar-refractivity contribution in [2.24, 2.45) is 10.1 Å². The van der Waals surface area contributed by atoms with E-state index in [4.69, 9.17) is 0 Å². The molecule has 3 nitrogen and oxygen atoms in total. The van der Waals surface area contributed by atoms with E-state index in [0.717, 1.165) is 27.9 Å². The third-order valence-electron chi connectivity index (χ3n) is 2.73. The van der Waals surface area contributed by atoms with Crippen LogP contribution in [0.2, 0.25) is 0 Å². The molecule has 2 aromatic rings. The fraction of sp³-hybridized carbons (Fsp3) is 0.0667. The molecular formula is C15H13N3S. The molecule has 1 N–H and O–H groups in total. The van der Waals surface area contributed by atoms with Crippen molar-refractivity contribution in [3.63, 3.8) is 0 Å². The smallest absolute Gasteiger partial charge is 0.182 e. The van der Waals surface area contributed by atoms with Crippen LogP contribution < -0.4 is 5.43 Å².